The SMILES string of the molecule is [AlH3].[AlH3].[O]=[AlH]. The molecule has 0 atom stereocenters. The van der Waals surface area contributed by atoms with Gasteiger partial charge in [0.15, 0.2) is 34.7 Å². The molecule has 0 saturated carbocycles. The van der Waals surface area contributed by atoms with Gasteiger partial charge in [0.25, 0.3) is 0 Å². The maximum atomic E-state index is 8.28. The van der Waals surface area contributed by atoms with Gasteiger partial charge in [-0.15, -0.1) is 0 Å². The molecule has 0 heterocycles. The van der Waals surface area contributed by atoms with Crippen LogP contribution < -0.4 is 0 Å². The molecule has 0 rings (SSSR count). The average molecular weight is 104 g/mol. The molecule has 0 aliphatic carbocycles. The van der Waals surface area contributed by atoms with E-state index in [0.29, 0.717) is 16.2 Å². The van der Waals surface area contributed by atoms with Crippen molar-refractivity contribution in [3.63, 3.8) is 0 Å². The third-order valence-electron chi connectivity index (χ3n) is 0. The van der Waals surface area contributed by atoms with Crippen molar-refractivity contribution in [1.82, 2.24) is 0 Å². The van der Waals surface area contributed by atoms with Crippen molar-refractivity contribution in [3.8, 4) is 0 Å². The van der Waals surface area contributed by atoms with Crippen molar-refractivity contribution in [2.24, 2.45) is 0 Å². The molecule has 0 aromatic rings. The molecule has 0 amide bonds. The van der Waals surface area contributed by atoms with E-state index in [1.165, 1.54) is 0 Å². The quantitative estimate of drug-likeness (QED) is 0.297. The van der Waals surface area contributed by atoms with E-state index < -0.39 is 0 Å². The molecule has 0 bridgehead atoms. The summed E-state index contributed by atoms with van der Waals surface area (Å²) in [6.07, 6.45) is 0. The molecule has 0 fully saturated rings. The molecule has 22 valence electrons. The summed E-state index contributed by atoms with van der Waals surface area (Å²) in [5.74, 6) is 0. The van der Waals surface area contributed by atoms with Crippen LogP contribution in [0.15, 0.2) is 0 Å². The molecular weight excluding hydrogens is 96.9 g/mol. The van der Waals surface area contributed by atoms with Crippen LogP contribution in [0.1, 0.15) is 0 Å². The van der Waals surface area contributed by atoms with E-state index in [1.807, 2.05) is 0 Å². The zero-order chi connectivity index (χ0) is 2.00. The van der Waals surface area contributed by atoms with Crippen LogP contribution in [-0.2, 0) is 3.80 Å². The van der Waals surface area contributed by atoms with Crippen molar-refractivity contribution >= 4 is 50.9 Å². The molecule has 1 nitrogen and oxygen atoms in total. The predicted molar refractivity (Wildman–Crippen MR) is 27.7 cm³/mol. The van der Waals surface area contributed by atoms with E-state index in [4.69, 9.17) is 3.80 Å². The van der Waals surface area contributed by atoms with E-state index in [9.17, 15) is 0 Å². The van der Waals surface area contributed by atoms with Gasteiger partial charge < -0.3 is 0 Å². The minimum absolute atomic E-state index is 0. The summed E-state index contributed by atoms with van der Waals surface area (Å²) in [6, 6.07) is 0. The Morgan fingerprint density at radius 3 is 1.00 bits per heavy atom. The molecule has 0 spiro atoms. The standard InChI is InChI=1S/3Al.O.7H. The summed E-state index contributed by atoms with van der Waals surface area (Å²) in [7, 11) is 0. The van der Waals surface area contributed by atoms with Crippen LogP contribution in [-0.4, -0.2) is 50.9 Å². The van der Waals surface area contributed by atoms with Gasteiger partial charge in [0, 0.05) is 0 Å². The second-order valence-electron chi connectivity index (χ2n) is 0. The zero-order valence-electron chi connectivity index (χ0n) is 1.12. The van der Waals surface area contributed by atoms with Crippen molar-refractivity contribution in [2.45, 2.75) is 0 Å². The Bertz CT molecular complexity index is 3.25. The fraction of sp³-hybridized carbons (Fsp3) is 0. The Morgan fingerprint density at radius 1 is 1.00 bits per heavy atom. The molecule has 0 radical (unpaired) electrons. The van der Waals surface area contributed by atoms with Crippen molar-refractivity contribution in [1.29, 1.82) is 0 Å². The first-order valence-electron chi connectivity index (χ1n) is 0.289. The summed E-state index contributed by atoms with van der Waals surface area (Å²) in [6.45, 7) is 0. The van der Waals surface area contributed by atoms with Gasteiger partial charge in [-0.3, -0.25) is 0 Å². The fourth-order valence-electron chi connectivity index (χ4n) is 0. The summed E-state index contributed by atoms with van der Waals surface area (Å²) in [5.41, 5.74) is 0. The first-order valence-corrected chi connectivity index (χ1v) is 0.866. The van der Waals surface area contributed by atoms with E-state index in [-0.39, 0.29) is 34.7 Å². The minimum atomic E-state index is 0. The van der Waals surface area contributed by atoms with Crippen LogP contribution in [0.4, 0.5) is 0 Å². The summed E-state index contributed by atoms with van der Waals surface area (Å²) in [5, 5.41) is 0. The van der Waals surface area contributed by atoms with E-state index in [2.05, 4.69) is 0 Å². The molecule has 0 aromatic carbocycles. The maximum absolute atomic E-state index is 8.28. The van der Waals surface area contributed by atoms with Gasteiger partial charge in [-0.05, 0) is 0 Å². The van der Waals surface area contributed by atoms with Crippen molar-refractivity contribution < 1.29 is 3.80 Å². The summed E-state index contributed by atoms with van der Waals surface area (Å²) >= 11 is 0.611. The predicted octanol–water partition coefficient (Wildman–Crippen LogP) is -3.14. The molecule has 0 unspecified atom stereocenters. The Kier molecular flexibility index (Phi) is 118. The van der Waals surface area contributed by atoms with Gasteiger partial charge in [-0.2, -0.15) is 0 Å². The van der Waals surface area contributed by atoms with Gasteiger partial charge in [-0.1, -0.05) is 0 Å². The fourth-order valence-corrected chi connectivity index (χ4v) is 0. The monoisotopic (exact) mass is 104 g/mol. The van der Waals surface area contributed by atoms with E-state index in [1.54, 1.807) is 0 Å². The summed E-state index contributed by atoms with van der Waals surface area (Å²) < 4.78 is 8.28. The van der Waals surface area contributed by atoms with Gasteiger partial charge >= 0.3 is 20.0 Å². The topological polar surface area (TPSA) is 17.1 Å². The molecular formula is H7Al3O. The van der Waals surface area contributed by atoms with Crippen LogP contribution in [0.2, 0.25) is 0 Å². The normalized spacial score (nSPS) is 0.750. The third-order valence-corrected chi connectivity index (χ3v) is 0. The summed E-state index contributed by atoms with van der Waals surface area (Å²) in [4.78, 5) is 0. The molecule has 0 aliphatic rings. The van der Waals surface area contributed by atoms with Crippen LogP contribution in [0.5, 0.6) is 0 Å². The Balaban J connectivity index is -0.00000000500. The molecule has 0 N–H and O–H groups in total. The van der Waals surface area contributed by atoms with Gasteiger partial charge in [0.1, 0.15) is 0 Å². The second-order valence-corrected chi connectivity index (χ2v) is 0. The van der Waals surface area contributed by atoms with Crippen LogP contribution >= 0.6 is 0 Å². The van der Waals surface area contributed by atoms with Crippen molar-refractivity contribution in [2.75, 3.05) is 0 Å². The van der Waals surface area contributed by atoms with Crippen LogP contribution in [0.3, 0.4) is 0 Å². The van der Waals surface area contributed by atoms with Crippen LogP contribution in [0, 0.1) is 0 Å². The Hall–Kier alpha value is 1.40. The molecule has 0 saturated heterocycles. The number of hydrogen-bond acceptors (Lipinski definition) is 1. The first kappa shape index (κ1) is 18.2. The Morgan fingerprint density at radius 2 is 1.00 bits per heavy atom. The molecule has 0 aromatic heterocycles. The number of hydrogen-bond donors (Lipinski definition) is 0. The van der Waals surface area contributed by atoms with Crippen molar-refractivity contribution in [3.05, 3.63) is 0 Å². The van der Waals surface area contributed by atoms with E-state index >= 15 is 0 Å². The second kappa shape index (κ2) is 26.0. The number of rotatable bonds is 0. The third kappa shape index (κ3) is 10.00. The van der Waals surface area contributed by atoms with Crippen LogP contribution in [0.25, 0.3) is 0 Å². The zero-order valence-corrected chi connectivity index (χ0v) is 2.53. The van der Waals surface area contributed by atoms with E-state index in [0.717, 1.165) is 0 Å². The Labute approximate surface area is 54.7 Å². The van der Waals surface area contributed by atoms with Gasteiger partial charge in [0.05, 0.1) is 0 Å². The average Bonchev–Trinajstić information content (AvgIpc) is 1.00. The molecule has 4 heavy (non-hydrogen) atoms. The first-order chi connectivity index (χ1) is 1.00. The molecule has 4 heteroatoms. The van der Waals surface area contributed by atoms with Gasteiger partial charge in [0.2, 0.25) is 0 Å². The van der Waals surface area contributed by atoms with Gasteiger partial charge in [-0.25, -0.2) is 0 Å². The molecule has 0 aliphatic heterocycles.